The monoisotopic (exact) mass is 337 g/mol. The summed E-state index contributed by atoms with van der Waals surface area (Å²) in [5, 5.41) is 0. The summed E-state index contributed by atoms with van der Waals surface area (Å²) in [5.74, 6) is 1.28. The first kappa shape index (κ1) is 17.1. The van der Waals surface area contributed by atoms with Crippen LogP contribution in [0.2, 0.25) is 0 Å². The van der Waals surface area contributed by atoms with Gasteiger partial charge >= 0.3 is 0 Å². The molecule has 0 unspecified atom stereocenters. The molecule has 130 valence electrons. The van der Waals surface area contributed by atoms with Gasteiger partial charge in [-0.15, -0.1) is 0 Å². The minimum absolute atomic E-state index is 0.000915. The zero-order chi connectivity index (χ0) is 18.0. The maximum atomic E-state index is 12.9. The van der Waals surface area contributed by atoms with Crippen molar-refractivity contribution < 1.29 is 14.3 Å². The van der Waals surface area contributed by atoms with Crippen LogP contribution in [-0.4, -0.2) is 23.5 Å². The lowest BCUT2D eigenvalue weighted by atomic mass is 10.1. The first-order valence-electron chi connectivity index (χ1n) is 8.30. The first-order valence-corrected chi connectivity index (χ1v) is 8.30. The summed E-state index contributed by atoms with van der Waals surface area (Å²) < 4.78 is 11.5. The Balaban J connectivity index is 1.94. The van der Waals surface area contributed by atoms with Gasteiger partial charge < -0.3 is 14.4 Å². The van der Waals surface area contributed by atoms with Crippen LogP contribution in [0.25, 0.3) is 0 Å². The molecule has 4 nitrogen and oxygen atoms in total. The summed E-state index contributed by atoms with van der Waals surface area (Å²) in [6, 6.07) is 13.6. The fourth-order valence-corrected chi connectivity index (χ4v) is 2.87. The molecule has 3 rings (SSSR count). The molecule has 4 heteroatoms. The molecule has 0 N–H and O–H groups in total. The normalized spacial score (nSPS) is 13.6. The number of fused-ring (bicyclic) bond motifs is 1. The van der Waals surface area contributed by atoms with Gasteiger partial charge in [0.25, 0.3) is 5.91 Å². The lowest BCUT2D eigenvalue weighted by Crippen LogP contribution is -2.25. The summed E-state index contributed by atoms with van der Waals surface area (Å²) >= 11 is 0. The molecule has 2 aromatic carbocycles. The third kappa shape index (κ3) is 3.53. The van der Waals surface area contributed by atoms with Crippen LogP contribution in [0.1, 0.15) is 35.3 Å². The Morgan fingerprint density at radius 3 is 2.60 bits per heavy atom. The van der Waals surface area contributed by atoms with Crippen LogP contribution >= 0.6 is 0 Å². The van der Waals surface area contributed by atoms with E-state index in [0.717, 1.165) is 11.1 Å². The van der Waals surface area contributed by atoms with Crippen molar-refractivity contribution in [2.45, 2.75) is 32.5 Å². The quantitative estimate of drug-likeness (QED) is 0.742. The van der Waals surface area contributed by atoms with E-state index in [2.05, 4.69) is 6.58 Å². The van der Waals surface area contributed by atoms with E-state index in [1.165, 1.54) is 0 Å². The zero-order valence-corrected chi connectivity index (χ0v) is 14.9. The Morgan fingerprint density at radius 2 is 1.96 bits per heavy atom. The van der Waals surface area contributed by atoms with Crippen molar-refractivity contribution in [2.75, 3.05) is 7.11 Å². The van der Waals surface area contributed by atoms with Crippen LogP contribution in [0.3, 0.4) is 0 Å². The van der Waals surface area contributed by atoms with Gasteiger partial charge in [0.1, 0.15) is 17.1 Å². The molecule has 0 radical (unpaired) electrons. The second kappa shape index (κ2) is 6.63. The molecule has 1 amide bonds. The molecule has 0 saturated heterocycles. The average Bonchev–Trinajstić information content (AvgIpc) is 2.92. The number of rotatable bonds is 6. The largest absolute Gasteiger partial charge is 0.497 e. The average molecular weight is 337 g/mol. The fraction of sp³-hybridized carbons (Fsp3) is 0.286. The van der Waals surface area contributed by atoms with Gasteiger partial charge in [0.2, 0.25) is 0 Å². The van der Waals surface area contributed by atoms with Crippen molar-refractivity contribution in [3.63, 3.8) is 0 Å². The standard InChI is InChI=1S/C21H23NO3/c1-5-21(2,3)25-19-12-16(24-4)11-17-18(19)14-22(20(17)23)13-15-9-7-6-8-10-15/h5-12H,1,13-14H2,2-4H3. The predicted octanol–water partition coefficient (Wildman–Crippen LogP) is 4.19. The number of amides is 1. The maximum Gasteiger partial charge on any atom is 0.255 e. The van der Waals surface area contributed by atoms with Gasteiger partial charge in [0.15, 0.2) is 0 Å². The van der Waals surface area contributed by atoms with Crippen molar-refractivity contribution in [1.29, 1.82) is 0 Å². The number of hydrogen-bond acceptors (Lipinski definition) is 3. The van der Waals surface area contributed by atoms with Crippen LogP contribution in [0.5, 0.6) is 11.5 Å². The molecule has 1 aliphatic heterocycles. The summed E-state index contributed by atoms with van der Waals surface area (Å²) in [6.45, 7) is 8.78. The van der Waals surface area contributed by atoms with Crippen molar-refractivity contribution in [3.8, 4) is 11.5 Å². The minimum Gasteiger partial charge on any atom is -0.497 e. The molecule has 0 fully saturated rings. The van der Waals surface area contributed by atoms with Crippen LogP contribution in [-0.2, 0) is 13.1 Å². The number of carbonyl (C=O) groups is 1. The Hall–Kier alpha value is -2.75. The molecule has 25 heavy (non-hydrogen) atoms. The van der Waals surface area contributed by atoms with E-state index < -0.39 is 5.60 Å². The molecular formula is C21H23NO3. The second-order valence-electron chi connectivity index (χ2n) is 6.71. The van der Waals surface area contributed by atoms with Crippen LogP contribution in [0.15, 0.2) is 55.1 Å². The van der Waals surface area contributed by atoms with E-state index in [1.54, 1.807) is 19.3 Å². The van der Waals surface area contributed by atoms with Gasteiger partial charge in [-0.1, -0.05) is 36.9 Å². The fourth-order valence-electron chi connectivity index (χ4n) is 2.87. The summed E-state index contributed by atoms with van der Waals surface area (Å²) in [5.41, 5.74) is 2.11. The number of nitrogens with zero attached hydrogens (tertiary/aromatic N) is 1. The summed E-state index contributed by atoms with van der Waals surface area (Å²) in [4.78, 5) is 14.7. The highest BCUT2D eigenvalue weighted by atomic mass is 16.5. The number of carbonyl (C=O) groups excluding carboxylic acids is 1. The van der Waals surface area contributed by atoms with Gasteiger partial charge in [0, 0.05) is 18.2 Å². The van der Waals surface area contributed by atoms with Crippen molar-refractivity contribution in [3.05, 3.63) is 71.8 Å². The van der Waals surface area contributed by atoms with Gasteiger partial charge in [-0.05, 0) is 31.6 Å². The van der Waals surface area contributed by atoms with Crippen LogP contribution in [0.4, 0.5) is 0 Å². The van der Waals surface area contributed by atoms with Crippen molar-refractivity contribution in [2.24, 2.45) is 0 Å². The Morgan fingerprint density at radius 1 is 1.24 bits per heavy atom. The number of benzene rings is 2. The molecule has 2 aromatic rings. The summed E-state index contributed by atoms with van der Waals surface area (Å²) in [6.07, 6.45) is 1.75. The van der Waals surface area contributed by atoms with Crippen molar-refractivity contribution >= 4 is 5.91 Å². The molecule has 0 bridgehead atoms. The Kier molecular flexibility index (Phi) is 4.53. The maximum absolute atomic E-state index is 12.9. The predicted molar refractivity (Wildman–Crippen MR) is 97.9 cm³/mol. The van der Waals surface area contributed by atoms with E-state index in [0.29, 0.717) is 30.2 Å². The highest BCUT2D eigenvalue weighted by Crippen LogP contribution is 2.37. The minimum atomic E-state index is -0.532. The smallest absolute Gasteiger partial charge is 0.255 e. The van der Waals surface area contributed by atoms with E-state index in [1.807, 2.05) is 55.1 Å². The number of ether oxygens (including phenoxy) is 2. The molecule has 0 aromatic heterocycles. The molecule has 0 spiro atoms. The molecule has 1 aliphatic rings. The van der Waals surface area contributed by atoms with E-state index in [9.17, 15) is 4.79 Å². The highest BCUT2D eigenvalue weighted by Gasteiger charge is 2.32. The van der Waals surface area contributed by atoms with Crippen molar-refractivity contribution in [1.82, 2.24) is 4.90 Å². The van der Waals surface area contributed by atoms with E-state index in [-0.39, 0.29) is 5.91 Å². The number of methoxy groups -OCH3 is 1. The molecule has 0 saturated carbocycles. The van der Waals surface area contributed by atoms with Gasteiger partial charge in [-0.2, -0.15) is 0 Å². The van der Waals surface area contributed by atoms with Gasteiger partial charge in [0.05, 0.1) is 19.2 Å². The van der Waals surface area contributed by atoms with Crippen LogP contribution in [0, 0.1) is 0 Å². The highest BCUT2D eigenvalue weighted by molar-refractivity contribution is 5.99. The summed E-state index contributed by atoms with van der Waals surface area (Å²) in [7, 11) is 1.59. The molecular weight excluding hydrogens is 314 g/mol. The Bertz CT molecular complexity index is 796. The molecule has 1 heterocycles. The lowest BCUT2D eigenvalue weighted by Gasteiger charge is -2.24. The molecule has 0 atom stereocenters. The first-order chi connectivity index (χ1) is 11.9. The number of hydrogen-bond donors (Lipinski definition) is 0. The SMILES string of the molecule is C=CC(C)(C)Oc1cc(OC)cc2c1CN(Cc1ccccc1)C2=O. The molecule has 0 aliphatic carbocycles. The van der Waals surface area contributed by atoms with Gasteiger partial charge in [-0.3, -0.25) is 4.79 Å². The lowest BCUT2D eigenvalue weighted by molar-refractivity contribution is 0.0766. The third-order valence-electron chi connectivity index (χ3n) is 4.37. The third-order valence-corrected chi connectivity index (χ3v) is 4.37. The van der Waals surface area contributed by atoms with Gasteiger partial charge in [-0.25, -0.2) is 0 Å². The topological polar surface area (TPSA) is 38.8 Å². The van der Waals surface area contributed by atoms with Crippen LogP contribution < -0.4 is 9.47 Å². The second-order valence-corrected chi connectivity index (χ2v) is 6.71. The Labute approximate surface area is 148 Å². The zero-order valence-electron chi connectivity index (χ0n) is 14.9. The van der Waals surface area contributed by atoms with E-state index >= 15 is 0 Å². The van der Waals surface area contributed by atoms with E-state index in [4.69, 9.17) is 9.47 Å².